The molecule has 0 aromatic heterocycles. The van der Waals surface area contributed by atoms with Crippen molar-refractivity contribution < 1.29 is 0 Å². The SMILES string of the molecule is CC1C[CH]CN(C)C1. The molecule has 1 heterocycles. The topological polar surface area (TPSA) is 3.24 Å². The summed E-state index contributed by atoms with van der Waals surface area (Å²) < 4.78 is 0. The predicted octanol–water partition coefficient (Wildman–Crippen LogP) is 1.16. The van der Waals surface area contributed by atoms with Crippen LogP contribution in [-0.2, 0) is 0 Å². The van der Waals surface area contributed by atoms with E-state index in [0.29, 0.717) is 0 Å². The van der Waals surface area contributed by atoms with Gasteiger partial charge in [-0.15, -0.1) is 0 Å². The van der Waals surface area contributed by atoms with Crippen LogP contribution in [0, 0.1) is 12.3 Å². The molecule has 1 atom stereocenters. The van der Waals surface area contributed by atoms with Gasteiger partial charge in [0.15, 0.2) is 0 Å². The Morgan fingerprint density at radius 2 is 2.38 bits per heavy atom. The fraction of sp³-hybridized carbons (Fsp3) is 0.857. The molecule has 1 nitrogen and oxygen atoms in total. The maximum Gasteiger partial charge on any atom is 0.000996 e. The molecule has 0 spiro atoms. The zero-order chi connectivity index (χ0) is 5.98. The summed E-state index contributed by atoms with van der Waals surface area (Å²) in [5.74, 6) is 0.883. The Bertz CT molecular complexity index is 62.8. The minimum atomic E-state index is 0.883. The van der Waals surface area contributed by atoms with Crippen LogP contribution >= 0.6 is 0 Å². The van der Waals surface area contributed by atoms with Crippen molar-refractivity contribution in [2.24, 2.45) is 5.92 Å². The number of rotatable bonds is 0. The molecule has 1 unspecified atom stereocenters. The van der Waals surface area contributed by atoms with Crippen LogP contribution < -0.4 is 0 Å². The molecule has 0 aromatic carbocycles. The first-order chi connectivity index (χ1) is 3.79. The lowest BCUT2D eigenvalue weighted by Gasteiger charge is -2.26. The van der Waals surface area contributed by atoms with Gasteiger partial charge in [0.05, 0.1) is 0 Å². The number of likely N-dealkylation sites (tertiary alicyclic amines) is 1. The molecule has 1 rings (SSSR count). The van der Waals surface area contributed by atoms with Gasteiger partial charge in [0, 0.05) is 13.1 Å². The van der Waals surface area contributed by atoms with Crippen LogP contribution in [-0.4, -0.2) is 25.0 Å². The molecule has 0 N–H and O–H groups in total. The van der Waals surface area contributed by atoms with Crippen LogP contribution in [0.2, 0.25) is 0 Å². The lowest BCUT2D eigenvalue weighted by Crippen LogP contribution is -2.30. The summed E-state index contributed by atoms with van der Waals surface area (Å²) in [6.07, 6.45) is 3.67. The van der Waals surface area contributed by atoms with Crippen molar-refractivity contribution in [1.29, 1.82) is 0 Å². The van der Waals surface area contributed by atoms with Crippen LogP contribution in [0.15, 0.2) is 0 Å². The minimum Gasteiger partial charge on any atom is -0.306 e. The summed E-state index contributed by atoms with van der Waals surface area (Å²) in [7, 11) is 2.17. The summed E-state index contributed by atoms with van der Waals surface area (Å²) in [5.41, 5.74) is 0. The molecule has 0 bridgehead atoms. The van der Waals surface area contributed by atoms with Crippen LogP contribution in [0.4, 0.5) is 0 Å². The second kappa shape index (κ2) is 2.49. The van der Waals surface area contributed by atoms with E-state index in [-0.39, 0.29) is 0 Å². The van der Waals surface area contributed by atoms with Gasteiger partial charge in [0.1, 0.15) is 0 Å². The van der Waals surface area contributed by atoms with E-state index in [1.54, 1.807) is 0 Å². The highest BCUT2D eigenvalue weighted by Gasteiger charge is 2.11. The van der Waals surface area contributed by atoms with E-state index >= 15 is 0 Å². The van der Waals surface area contributed by atoms with Crippen molar-refractivity contribution in [3.63, 3.8) is 0 Å². The van der Waals surface area contributed by atoms with Gasteiger partial charge in [0.25, 0.3) is 0 Å². The Morgan fingerprint density at radius 1 is 1.62 bits per heavy atom. The normalized spacial score (nSPS) is 33.0. The highest BCUT2D eigenvalue weighted by atomic mass is 15.1. The first kappa shape index (κ1) is 6.09. The van der Waals surface area contributed by atoms with Crippen molar-refractivity contribution in [2.75, 3.05) is 20.1 Å². The Morgan fingerprint density at radius 3 is 2.75 bits per heavy atom. The van der Waals surface area contributed by atoms with Crippen LogP contribution in [0.3, 0.4) is 0 Å². The van der Waals surface area contributed by atoms with Gasteiger partial charge in [-0.05, 0) is 25.8 Å². The number of hydrogen-bond donors (Lipinski definition) is 0. The van der Waals surface area contributed by atoms with Gasteiger partial charge in [-0.3, -0.25) is 0 Å². The molecule has 1 saturated heterocycles. The number of hydrogen-bond acceptors (Lipinski definition) is 1. The van der Waals surface area contributed by atoms with Gasteiger partial charge in [-0.2, -0.15) is 0 Å². The van der Waals surface area contributed by atoms with E-state index in [9.17, 15) is 0 Å². The molecule has 1 aliphatic heterocycles. The molecule has 1 aliphatic rings. The molecular formula is C7H14N. The van der Waals surface area contributed by atoms with Crippen molar-refractivity contribution in [3.8, 4) is 0 Å². The average molecular weight is 112 g/mol. The molecule has 0 aromatic rings. The van der Waals surface area contributed by atoms with Crippen molar-refractivity contribution in [1.82, 2.24) is 4.90 Å². The predicted molar refractivity (Wildman–Crippen MR) is 35.6 cm³/mol. The fourth-order valence-corrected chi connectivity index (χ4v) is 1.26. The molecule has 0 aliphatic carbocycles. The van der Waals surface area contributed by atoms with Crippen LogP contribution in [0.25, 0.3) is 0 Å². The molecule has 1 radical (unpaired) electrons. The number of nitrogens with zero attached hydrogens (tertiary/aromatic N) is 1. The number of piperidine rings is 1. The van der Waals surface area contributed by atoms with Gasteiger partial charge in [-0.1, -0.05) is 6.92 Å². The Kier molecular flexibility index (Phi) is 1.90. The zero-order valence-corrected chi connectivity index (χ0v) is 5.72. The average Bonchev–Trinajstić information content (AvgIpc) is 1.64. The fourth-order valence-electron chi connectivity index (χ4n) is 1.26. The largest absolute Gasteiger partial charge is 0.306 e. The lowest BCUT2D eigenvalue weighted by atomic mass is 10.0. The molecule has 8 heavy (non-hydrogen) atoms. The Hall–Kier alpha value is -0.0400. The highest BCUT2D eigenvalue weighted by molar-refractivity contribution is 4.79. The van der Waals surface area contributed by atoms with Crippen molar-refractivity contribution in [2.45, 2.75) is 13.3 Å². The van der Waals surface area contributed by atoms with Gasteiger partial charge < -0.3 is 4.90 Å². The maximum absolute atomic E-state index is 2.36. The quantitative estimate of drug-likeness (QED) is 0.454. The van der Waals surface area contributed by atoms with E-state index in [1.807, 2.05) is 0 Å². The Labute approximate surface area is 51.7 Å². The van der Waals surface area contributed by atoms with Gasteiger partial charge in [0.2, 0.25) is 0 Å². The molecule has 0 saturated carbocycles. The second-order valence-electron chi connectivity index (χ2n) is 2.85. The third kappa shape index (κ3) is 1.48. The third-order valence-electron chi connectivity index (χ3n) is 1.63. The van der Waals surface area contributed by atoms with Gasteiger partial charge in [-0.25, -0.2) is 0 Å². The second-order valence-corrected chi connectivity index (χ2v) is 2.85. The van der Waals surface area contributed by atoms with E-state index in [4.69, 9.17) is 0 Å². The first-order valence-corrected chi connectivity index (χ1v) is 3.29. The molecule has 1 heteroatoms. The zero-order valence-electron chi connectivity index (χ0n) is 5.72. The Balaban J connectivity index is 2.23. The summed E-state index contributed by atoms with van der Waals surface area (Å²) in [4.78, 5) is 2.36. The monoisotopic (exact) mass is 112 g/mol. The standard InChI is InChI=1S/C7H14N/c1-7-4-3-5-8(2)6-7/h3,7H,4-6H2,1-2H3. The summed E-state index contributed by atoms with van der Waals surface area (Å²) >= 11 is 0. The van der Waals surface area contributed by atoms with E-state index in [1.165, 1.54) is 19.5 Å². The van der Waals surface area contributed by atoms with Crippen LogP contribution in [0.5, 0.6) is 0 Å². The summed E-state index contributed by atoms with van der Waals surface area (Å²) in [6, 6.07) is 0. The lowest BCUT2D eigenvalue weighted by molar-refractivity contribution is 0.262. The third-order valence-corrected chi connectivity index (χ3v) is 1.63. The van der Waals surface area contributed by atoms with E-state index in [0.717, 1.165) is 5.92 Å². The minimum absolute atomic E-state index is 0.883. The van der Waals surface area contributed by atoms with Gasteiger partial charge >= 0.3 is 0 Å². The molecule has 1 fully saturated rings. The molecular weight excluding hydrogens is 98.1 g/mol. The highest BCUT2D eigenvalue weighted by Crippen LogP contribution is 2.11. The van der Waals surface area contributed by atoms with E-state index in [2.05, 4.69) is 25.3 Å². The summed E-state index contributed by atoms with van der Waals surface area (Å²) in [6.45, 7) is 4.76. The first-order valence-electron chi connectivity index (χ1n) is 3.29. The smallest absolute Gasteiger partial charge is 0.000996 e. The van der Waals surface area contributed by atoms with Crippen molar-refractivity contribution in [3.05, 3.63) is 6.42 Å². The van der Waals surface area contributed by atoms with Crippen LogP contribution in [0.1, 0.15) is 13.3 Å². The summed E-state index contributed by atoms with van der Waals surface area (Å²) in [5, 5.41) is 0. The maximum atomic E-state index is 2.36. The molecule has 47 valence electrons. The van der Waals surface area contributed by atoms with Crippen molar-refractivity contribution >= 4 is 0 Å². The van der Waals surface area contributed by atoms with E-state index < -0.39 is 0 Å². The molecule has 0 amide bonds.